The molecule has 0 saturated carbocycles. The number of sulfonamides is 1. The SMILES string of the molecule is CC(c1ccc(N2CCC(NS(=O)(=O)c3ccc4cc(Cl)ccc4c3)C2=O)c(F)c1)N(C)C. The van der Waals surface area contributed by atoms with E-state index in [0.29, 0.717) is 5.02 Å². The summed E-state index contributed by atoms with van der Waals surface area (Å²) in [4.78, 5) is 16.3. The van der Waals surface area contributed by atoms with Crippen molar-refractivity contribution >= 4 is 44.0 Å². The average Bonchev–Trinajstić information content (AvgIpc) is 3.11. The summed E-state index contributed by atoms with van der Waals surface area (Å²) in [5, 5.41) is 2.09. The van der Waals surface area contributed by atoms with Crippen molar-refractivity contribution in [3.63, 3.8) is 0 Å². The van der Waals surface area contributed by atoms with Crippen LogP contribution in [-0.2, 0) is 14.8 Å². The second-order valence-electron chi connectivity index (χ2n) is 8.46. The van der Waals surface area contributed by atoms with Crippen molar-refractivity contribution in [1.29, 1.82) is 0 Å². The molecule has 1 aliphatic heterocycles. The Bertz CT molecular complexity index is 1330. The molecular formula is C24H25ClFN3O3S. The number of carbonyl (C=O) groups is 1. The molecule has 3 aromatic rings. The highest BCUT2D eigenvalue weighted by Crippen LogP contribution is 2.29. The van der Waals surface area contributed by atoms with Gasteiger partial charge in [-0.05, 0) is 80.2 Å². The summed E-state index contributed by atoms with van der Waals surface area (Å²) in [7, 11) is -0.142. The fourth-order valence-corrected chi connectivity index (χ4v) is 5.38. The molecule has 0 spiro atoms. The minimum atomic E-state index is -3.95. The van der Waals surface area contributed by atoms with Crippen molar-refractivity contribution in [1.82, 2.24) is 9.62 Å². The number of amides is 1. The van der Waals surface area contributed by atoms with Crippen molar-refractivity contribution < 1.29 is 17.6 Å². The van der Waals surface area contributed by atoms with E-state index < -0.39 is 27.8 Å². The van der Waals surface area contributed by atoms with Gasteiger partial charge in [0.1, 0.15) is 11.9 Å². The lowest BCUT2D eigenvalue weighted by atomic mass is 10.1. The molecule has 4 rings (SSSR count). The van der Waals surface area contributed by atoms with Gasteiger partial charge in [-0.1, -0.05) is 29.8 Å². The molecule has 1 heterocycles. The number of nitrogens with zero attached hydrogens (tertiary/aromatic N) is 2. The molecule has 6 nitrogen and oxygen atoms in total. The van der Waals surface area contributed by atoms with E-state index in [1.54, 1.807) is 36.4 Å². The summed E-state index contributed by atoms with van der Waals surface area (Å²) in [6.07, 6.45) is 0.247. The molecule has 1 fully saturated rings. The molecular weight excluding hydrogens is 465 g/mol. The monoisotopic (exact) mass is 489 g/mol. The first-order valence-corrected chi connectivity index (χ1v) is 12.4. The van der Waals surface area contributed by atoms with E-state index in [4.69, 9.17) is 11.6 Å². The van der Waals surface area contributed by atoms with E-state index in [2.05, 4.69) is 4.72 Å². The van der Waals surface area contributed by atoms with E-state index in [0.717, 1.165) is 16.3 Å². The molecule has 1 amide bonds. The van der Waals surface area contributed by atoms with Crippen LogP contribution in [0.25, 0.3) is 10.8 Å². The van der Waals surface area contributed by atoms with Crippen LogP contribution >= 0.6 is 11.6 Å². The number of hydrogen-bond donors (Lipinski definition) is 1. The molecule has 9 heteroatoms. The third-order valence-corrected chi connectivity index (χ3v) is 7.81. The predicted molar refractivity (Wildman–Crippen MR) is 129 cm³/mol. The summed E-state index contributed by atoms with van der Waals surface area (Å²) in [5.74, 6) is -0.982. The maximum Gasteiger partial charge on any atom is 0.245 e. The first-order valence-electron chi connectivity index (χ1n) is 10.6. The van der Waals surface area contributed by atoms with Gasteiger partial charge >= 0.3 is 0 Å². The molecule has 2 atom stereocenters. The van der Waals surface area contributed by atoms with Crippen molar-refractivity contribution in [2.75, 3.05) is 25.5 Å². The maximum atomic E-state index is 14.8. The highest BCUT2D eigenvalue weighted by Gasteiger charge is 2.36. The van der Waals surface area contributed by atoms with Crippen LogP contribution in [0, 0.1) is 5.82 Å². The van der Waals surface area contributed by atoms with Gasteiger partial charge in [0.15, 0.2) is 0 Å². The smallest absolute Gasteiger partial charge is 0.245 e. The molecule has 1 aliphatic rings. The second kappa shape index (κ2) is 9.02. The lowest BCUT2D eigenvalue weighted by Gasteiger charge is -2.22. The van der Waals surface area contributed by atoms with E-state index in [1.165, 1.54) is 23.1 Å². The van der Waals surface area contributed by atoms with Crippen LogP contribution in [0.15, 0.2) is 59.5 Å². The number of halogens is 2. The Morgan fingerprint density at radius 1 is 1.09 bits per heavy atom. The third kappa shape index (κ3) is 4.75. The first-order chi connectivity index (χ1) is 15.6. The Balaban J connectivity index is 1.53. The zero-order valence-electron chi connectivity index (χ0n) is 18.5. The highest BCUT2D eigenvalue weighted by molar-refractivity contribution is 7.89. The van der Waals surface area contributed by atoms with Crippen LogP contribution in [-0.4, -0.2) is 45.9 Å². The number of anilines is 1. The molecule has 0 bridgehead atoms. The highest BCUT2D eigenvalue weighted by atomic mass is 35.5. The maximum absolute atomic E-state index is 14.8. The Kier molecular flexibility index (Phi) is 6.46. The van der Waals surface area contributed by atoms with Gasteiger partial charge in [0, 0.05) is 17.6 Å². The molecule has 2 unspecified atom stereocenters. The summed E-state index contributed by atoms with van der Waals surface area (Å²) in [6, 6.07) is 13.7. The van der Waals surface area contributed by atoms with Crippen LogP contribution in [0.4, 0.5) is 10.1 Å². The zero-order valence-corrected chi connectivity index (χ0v) is 20.1. The minimum Gasteiger partial charge on any atom is -0.308 e. The fourth-order valence-electron chi connectivity index (χ4n) is 3.95. The number of carbonyl (C=O) groups excluding carboxylic acids is 1. The molecule has 3 aromatic carbocycles. The molecule has 174 valence electrons. The standard InChI is InChI=1S/C24H25ClFN3O3S/c1-15(28(2)3)16-6-9-23(21(26)14-16)29-11-10-22(24(29)30)27-33(31,32)20-8-5-17-12-19(25)7-4-18(17)13-20/h4-9,12-15,22,27H,10-11H2,1-3H3. The summed E-state index contributed by atoms with van der Waals surface area (Å²) < 4.78 is 43.2. The number of fused-ring (bicyclic) bond motifs is 1. The topological polar surface area (TPSA) is 69.7 Å². The molecule has 0 aromatic heterocycles. The number of hydrogen-bond acceptors (Lipinski definition) is 4. The van der Waals surface area contributed by atoms with E-state index in [-0.39, 0.29) is 29.6 Å². The van der Waals surface area contributed by atoms with Crippen molar-refractivity contribution in [2.45, 2.75) is 30.3 Å². The van der Waals surface area contributed by atoms with Crippen LogP contribution in [0.1, 0.15) is 24.9 Å². The van der Waals surface area contributed by atoms with Gasteiger partial charge in [-0.15, -0.1) is 0 Å². The fraction of sp³-hybridized carbons (Fsp3) is 0.292. The Morgan fingerprint density at radius 2 is 1.79 bits per heavy atom. The predicted octanol–water partition coefficient (Wildman–Crippen LogP) is 4.34. The van der Waals surface area contributed by atoms with Gasteiger partial charge in [0.25, 0.3) is 0 Å². The summed E-state index contributed by atoms with van der Waals surface area (Å²) >= 11 is 5.99. The molecule has 1 N–H and O–H groups in total. The molecule has 33 heavy (non-hydrogen) atoms. The third-order valence-electron chi connectivity index (χ3n) is 6.11. The quantitative estimate of drug-likeness (QED) is 0.559. The van der Waals surface area contributed by atoms with Gasteiger partial charge in [-0.25, -0.2) is 12.8 Å². The second-order valence-corrected chi connectivity index (χ2v) is 10.6. The Hall–Kier alpha value is -2.52. The molecule has 1 saturated heterocycles. The van der Waals surface area contributed by atoms with Crippen molar-refractivity contribution in [3.05, 3.63) is 71.0 Å². The van der Waals surface area contributed by atoms with Gasteiger partial charge < -0.3 is 9.80 Å². The van der Waals surface area contributed by atoms with Gasteiger partial charge in [-0.3, -0.25) is 4.79 Å². The number of rotatable bonds is 6. The lowest BCUT2D eigenvalue weighted by molar-refractivity contribution is -0.118. The van der Waals surface area contributed by atoms with Crippen LogP contribution in [0.3, 0.4) is 0 Å². The van der Waals surface area contributed by atoms with Gasteiger partial charge in [0.2, 0.25) is 15.9 Å². The van der Waals surface area contributed by atoms with Crippen LogP contribution < -0.4 is 9.62 Å². The largest absolute Gasteiger partial charge is 0.308 e. The number of nitrogens with one attached hydrogen (secondary N) is 1. The Labute approximate surface area is 198 Å². The summed E-state index contributed by atoms with van der Waals surface area (Å²) in [6.45, 7) is 2.18. The lowest BCUT2D eigenvalue weighted by Crippen LogP contribution is -2.41. The van der Waals surface area contributed by atoms with Gasteiger partial charge in [-0.2, -0.15) is 4.72 Å². The number of benzene rings is 3. The van der Waals surface area contributed by atoms with E-state index in [9.17, 15) is 17.6 Å². The van der Waals surface area contributed by atoms with E-state index in [1.807, 2.05) is 25.9 Å². The first kappa shape index (κ1) is 23.6. The van der Waals surface area contributed by atoms with Crippen molar-refractivity contribution in [3.8, 4) is 0 Å². The minimum absolute atomic E-state index is 0.0142. The van der Waals surface area contributed by atoms with Crippen molar-refractivity contribution in [2.24, 2.45) is 0 Å². The van der Waals surface area contributed by atoms with Crippen LogP contribution in [0.5, 0.6) is 0 Å². The van der Waals surface area contributed by atoms with E-state index >= 15 is 0 Å². The van der Waals surface area contributed by atoms with Crippen LogP contribution in [0.2, 0.25) is 5.02 Å². The van der Waals surface area contributed by atoms with Gasteiger partial charge in [0.05, 0.1) is 10.6 Å². The summed E-state index contributed by atoms with van der Waals surface area (Å²) in [5.41, 5.74) is 0.946. The molecule has 0 radical (unpaired) electrons. The average molecular weight is 490 g/mol. The zero-order chi connectivity index (χ0) is 23.9. The normalized spacial score (nSPS) is 17.8. The Morgan fingerprint density at radius 3 is 2.48 bits per heavy atom. The molecule has 0 aliphatic carbocycles.